The first kappa shape index (κ1) is 18.5. The van der Waals surface area contributed by atoms with Gasteiger partial charge in [0.2, 0.25) is 0 Å². The van der Waals surface area contributed by atoms with Crippen LogP contribution >= 0.6 is 15.9 Å². The van der Waals surface area contributed by atoms with Gasteiger partial charge in [-0.25, -0.2) is 0 Å². The molecule has 0 amide bonds. The molecular weight excluding hydrogens is 343 g/mol. The molecule has 0 heterocycles. The van der Waals surface area contributed by atoms with Gasteiger partial charge < -0.3 is 5.73 Å². The Morgan fingerprint density at radius 3 is 2.33 bits per heavy atom. The molecule has 0 aliphatic heterocycles. The smallest absolute Gasteiger partial charge is 0.324 e. The average molecular weight is 366 g/mol. The summed E-state index contributed by atoms with van der Waals surface area (Å²) in [4.78, 5) is 0. The minimum absolute atomic E-state index is 0.354. The number of hydrogen-bond acceptors (Lipinski definition) is 1. The van der Waals surface area contributed by atoms with Crippen LogP contribution < -0.4 is 5.73 Å². The first-order valence-corrected chi connectivity index (χ1v) is 8.27. The molecule has 1 aromatic carbocycles. The summed E-state index contributed by atoms with van der Waals surface area (Å²) in [6.45, 7) is 2.17. The van der Waals surface area contributed by atoms with Crippen molar-refractivity contribution in [2.45, 2.75) is 64.1 Å². The fourth-order valence-corrected chi connectivity index (χ4v) is 2.84. The third-order valence-electron chi connectivity index (χ3n) is 3.59. The number of rotatable bonds is 8. The predicted molar refractivity (Wildman–Crippen MR) is 84.1 cm³/mol. The summed E-state index contributed by atoms with van der Waals surface area (Å²) in [6.07, 6.45) is 3.27. The zero-order valence-electron chi connectivity index (χ0n) is 12.3. The van der Waals surface area contributed by atoms with Crippen LogP contribution in [0.3, 0.4) is 0 Å². The van der Waals surface area contributed by atoms with Gasteiger partial charge >= 0.3 is 6.18 Å². The Kier molecular flexibility index (Phi) is 7.74. The molecule has 0 radical (unpaired) electrons. The zero-order valence-corrected chi connectivity index (χ0v) is 13.9. The molecule has 0 bridgehead atoms. The summed E-state index contributed by atoms with van der Waals surface area (Å²) in [5, 5.41) is 0. The van der Waals surface area contributed by atoms with Crippen LogP contribution in [-0.4, -0.2) is 0 Å². The highest BCUT2D eigenvalue weighted by Crippen LogP contribution is 2.34. The van der Waals surface area contributed by atoms with Gasteiger partial charge in [-0.05, 0) is 30.2 Å². The minimum Gasteiger partial charge on any atom is -0.324 e. The number of alkyl halides is 3. The first-order chi connectivity index (χ1) is 9.86. The number of benzene rings is 1. The van der Waals surface area contributed by atoms with Gasteiger partial charge in [0, 0.05) is 10.5 Å². The van der Waals surface area contributed by atoms with Gasteiger partial charge in [0.15, 0.2) is 0 Å². The molecule has 120 valence electrons. The maximum absolute atomic E-state index is 12.7. The maximum Gasteiger partial charge on any atom is 0.416 e. The molecular formula is C16H23BrF3N. The van der Waals surface area contributed by atoms with Crippen LogP contribution in [0.25, 0.3) is 0 Å². The second-order valence-electron chi connectivity index (χ2n) is 5.40. The van der Waals surface area contributed by atoms with Crippen molar-refractivity contribution >= 4 is 15.9 Å². The fourth-order valence-electron chi connectivity index (χ4n) is 2.30. The summed E-state index contributed by atoms with van der Waals surface area (Å²) >= 11 is 3.29. The number of halogens is 4. The lowest BCUT2D eigenvalue weighted by molar-refractivity contribution is -0.137. The van der Waals surface area contributed by atoms with Gasteiger partial charge in [-0.3, -0.25) is 0 Å². The van der Waals surface area contributed by atoms with Crippen LogP contribution in [-0.2, 0) is 6.18 Å². The molecule has 21 heavy (non-hydrogen) atoms. The molecule has 0 fully saturated rings. The van der Waals surface area contributed by atoms with Crippen molar-refractivity contribution < 1.29 is 13.2 Å². The summed E-state index contributed by atoms with van der Waals surface area (Å²) in [5.41, 5.74) is 5.95. The summed E-state index contributed by atoms with van der Waals surface area (Å²) in [7, 11) is 0. The van der Waals surface area contributed by atoms with Gasteiger partial charge in [-0.15, -0.1) is 0 Å². The third kappa shape index (κ3) is 6.39. The van der Waals surface area contributed by atoms with Crippen LogP contribution in [0.5, 0.6) is 0 Å². The second kappa shape index (κ2) is 8.79. The van der Waals surface area contributed by atoms with E-state index in [4.69, 9.17) is 5.73 Å². The van der Waals surface area contributed by atoms with Crippen molar-refractivity contribution in [3.63, 3.8) is 0 Å². The van der Waals surface area contributed by atoms with Crippen molar-refractivity contribution in [1.82, 2.24) is 0 Å². The van der Waals surface area contributed by atoms with E-state index >= 15 is 0 Å². The molecule has 1 aromatic rings. The highest BCUT2D eigenvalue weighted by atomic mass is 79.9. The number of nitrogens with two attached hydrogens (primary N) is 1. The molecule has 0 saturated carbocycles. The Bertz CT molecular complexity index is 432. The highest BCUT2D eigenvalue weighted by molar-refractivity contribution is 9.10. The molecule has 0 spiro atoms. The summed E-state index contributed by atoms with van der Waals surface area (Å²) in [5.74, 6) is 0. The Morgan fingerprint density at radius 2 is 1.71 bits per heavy atom. The van der Waals surface area contributed by atoms with Crippen molar-refractivity contribution in [3.8, 4) is 0 Å². The summed E-state index contributed by atoms with van der Waals surface area (Å²) in [6, 6.07) is 3.31. The molecule has 0 aromatic heterocycles. The van der Waals surface area contributed by atoms with Gasteiger partial charge in [-0.1, -0.05) is 61.4 Å². The van der Waals surface area contributed by atoms with E-state index in [0.717, 1.165) is 25.0 Å². The van der Waals surface area contributed by atoms with Crippen LogP contribution in [0.2, 0.25) is 0 Å². The normalized spacial score (nSPS) is 13.4. The number of hydrogen-bond donors (Lipinski definition) is 1. The topological polar surface area (TPSA) is 26.0 Å². The van der Waals surface area contributed by atoms with Crippen LogP contribution in [0, 0.1) is 0 Å². The van der Waals surface area contributed by atoms with E-state index in [2.05, 4.69) is 22.9 Å². The average Bonchev–Trinajstić information content (AvgIpc) is 2.41. The van der Waals surface area contributed by atoms with Crippen LogP contribution in [0.1, 0.15) is 69.0 Å². The third-order valence-corrected chi connectivity index (χ3v) is 4.31. The standard InChI is InChI=1S/C16H23BrF3N/c1-2-3-4-5-6-7-8-15(21)13-11-12(16(18,19)20)9-10-14(13)17/h9-11,15H,2-8,21H2,1H3. The van der Waals surface area contributed by atoms with E-state index in [1.807, 2.05) is 0 Å². The van der Waals surface area contributed by atoms with Gasteiger partial charge in [0.1, 0.15) is 0 Å². The SMILES string of the molecule is CCCCCCCCC(N)c1cc(C(F)(F)F)ccc1Br. The largest absolute Gasteiger partial charge is 0.416 e. The monoisotopic (exact) mass is 365 g/mol. The van der Waals surface area contributed by atoms with Gasteiger partial charge in [-0.2, -0.15) is 13.2 Å². The van der Waals surface area contributed by atoms with Gasteiger partial charge in [0.25, 0.3) is 0 Å². The van der Waals surface area contributed by atoms with Crippen molar-refractivity contribution in [2.75, 3.05) is 0 Å². The Labute approximate surface area is 133 Å². The van der Waals surface area contributed by atoms with E-state index in [1.54, 1.807) is 0 Å². The van der Waals surface area contributed by atoms with Gasteiger partial charge in [0.05, 0.1) is 5.56 Å². The van der Waals surface area contributed by atoms with E-state index in [1.165, 1.54) is 31.7 Å². The Balaban J connectivity index is 2.55. The minimum atomic E-state index is -4.32. The van der Waals surface area contributed by atoms with Crippen molar-refractivity contribution in [1.29, 1.82) is 0 Å². The van der Waals surface area contributed by atoms with E-state index in [9.17, 15) is 13.2 Å². The maximum atomic E-state index is 12.7. The Morgan fingerprint density at radius 1 is 1.10 bits per heavy atom. The molecule has 5 heteroatoms. The second-order valence-corrected chi connectivity index (χ2v) is 6.25. The lowest BCUT2D eigenvalue weighted by Crippen LogP contribution is -2.13. The van der Waals surface area contributed by atoms with Crippen LogP contribution in [0.15, 0.2) is 22.7 Å². The molecule has 2 N–H and O–H groups in total. The van der Waals surface area contributed by atoms with E-state index < -0.39 is 11.7 Å². The van der Waals surface area contributed by atoms with E-state index in [-0.39, 0.29) is 6.04 Å². The number of unbranched alkanes of at least 4 members (excludes halogenated alkanes) is 5. The highest BCUT2D eigenvalue weighted by Gasteiger charge is 2.31. The molecule has 0 aliphatic rings. The summed E-state index contributed by atoms with van der Waals surface area (Å²) < 4.78 is 38.8. The van der Waals surface area contributed by atoms with Crippen LogP contribution in [0.4, 0.5) is 13.2 Å². The molecule has 1 nitrogen and oxygen atoms in total. The lowest BCUT2D eigenvalue weighted by Gasteiger charge is -2.16. The lowest BCUT2D eigenvalue weighted by atomic mass is 9.98. The molecule has 1 atom stereocenters. The first-order valence-electron chi connectivity index (χ1n) is 7.48. The quantitative estimate of drug-likeness (QED) is 0.543. The molecule has 0 saturated heterocycles. The van der Waals surface area contributed by atoms with E-state index in [0.29, 0.717) is 16.5 Å². The molecule has 1 unspecified atom stereocenters. The predicted octanol–water partition coefficient (Wildman–Crippen LogP) is 6.22. The molecule has 0 aliphatic carbocycles. The zero-order chi connectivity index (χ0) is 15.9. The fraction of sp³-hybridized carbons (Fsp3) is 0.625. The Hall–Kier alpha value is -0.550. The van der Waals surface area contributed by atoms with Crippen molar-refractivity contribution in [3.05, 3.63) is 33.8 Å². The van der Waals surface area contributed by atoms with Crippen molar-refractivity contribution in [2.24, 2.45) is 5.73 Å². The molecule has 1 rings (SSSR count).